The lowest BCUT2D eigenvalue weighted by molar-refractivity contribution is -0.142. The number of ketones is 2. The molecule has 4 rings (SSSR count). The summed E-state index contributed by atoms with van der Waals surface area (Å²) in [4.78, 5) is 24.5. The molecule has 0 saturated heterocycles. The average Bonchev–Trinajstić information content (AvgIpc) is 2.92. The monoisotopic (exact) mass is 333 g/mol. The fourth-order valence-electron chi connectivity index (χ4n) is 6.85. The molecule has 4 aliphatic rings. The minimum Gasteiger partial charge on any atom is -0.411 e. The first-order chi connectivity index (χ1) is 11.5. The average molecular weight is 333 g/mol. The fourth-order valence-corrected chi connectivity index (χ4v) is 6.85. The number of fused-ring (bicyclic) bond motifs is 5. The highest BCUT2D eigenvalue weighted by atomic mass is 16.4. The highest BCUT2D eigenvalue weighted by Gasteiger charge is 2.63. The number of carbonyl (C=O) groups is 2. The molecule has 2 N–H and O–H groups in total. The van der Waals surface area contributed by atoms with Gasteiger partial charge in [-0.3, -0.25) is 9.59 Å². The minimum absolute atomic E-state index is 0.0222. The van der Waals surface area contributed by atoms with Crippen molar-refractivity contribution in [3.63, 3.8) is 0 Å². The van der Waals surface area contributed by atoms with E-state index in [1.165, 1.54) is 0 Å². The van der Waals surface area contributed by atoms with Crippen molar-refractivity contribution in [2.75, 3.05) is 6.61 Å². The van der Waals surface area contributed by atoms with Gasteiger partial charge in [0.25, 0.3) is 0 Å². The zero-order chi connectivity index (χ0) is 17.1. The van der Waals surface area contributed by atoms with Crippen molar-refractivity contribution in [2.45, 2.75) is 58.3 Å². The van der Waals surface area contributed by atoms with Gasteiger partial charge in [-0.25, -0.2) is 0 Å². The maximum absolute atomic E-state index is 12.5. The number of hydrogen-bond acceptors (Lipinski definition) is 5. The Labute approximate surface area is 142 Å². The van der Waals surface area contributed by atoms with Gasteiger partial charge < -0.3 is 10.3 Å². The van der Waals surface area contributed by atoms with Crippen molar-refractivity contribution in [2.24, 2.45) is 39.7 Å². The van der Waals surface area contributed by atoms with E-state index in [1.54, 1.807) is 0 Å². The largest absolute Gasteiger partial charge is 0.411 e. The molecule has 4 saturated carbocycles. The van der Waals surface area contributed by atoms with Crippen molar-refractivity contribution in [1.82, 2.24) is 0 Å². The van der Waals surface area contributed by atoms with Gasteiger partial charge in [-0.2, -0.15) is 0 Å². The van der Waals surface area contributed by atoms with Crippen molar-refractivity contribution in [3.8, 4) is 0 Å². The Hall–Kier alpha value is -1.23. The summed E-state index contributed by atoms with van der Waals surface area (Å²) in [6, 6.07) is 0. The molecule has 0 radical (unpaired) electrons. The van der Waals surface area contributed by atoms with E-state index < -0.39 is 5.41 Å². The Bertz CT molecular complexity index is 614. The van der Waals surface area contributed by atoms with Crippen LogP contribution in [0.15, 0.2) is 5.16 Å². The predicted octanol–water partition coefficient (Wildman–Crippen LogP) is 2.58. The normalized spacial score (nSPS) is 49.7. The van der Waals surface area contributed by atoms with Gasteiger partial charge in [-0.05, 0) is 55.3 Å². The van der Waals surface area contributed by atoms with E-state index in [0.717, 1.165) is 31.4 Å². The fraction of sp³-hybridized carbons (Fsp3) is 0.842. The third-order valence-electron chi connectivity index (χ3n) is 8.16. The second kappa shape index (κ2) is 5.38. The van der Waals surface area contributed by atoms with Crippen LogP contribution in [0.25, 0.3) is 0 Å². The van der Waals surface area contributed by atoms with Crippen LogP contribution < -0.4 is 0 Å². The summed E-state index contributed by atoms with van der Waals surface area (Å²) in [6.07, 6.45) is 5.76. The predicted molar refractivity (Wildman–Crippen MR) is 87.8 cm³/mol. The van der Waals surface area contributed by atoms with E-state index >= 15 is 0 Å². The summed E-state index contributed by atoms with van der Waals surface area (Å²) in [6.45, 7) is 2.21. The van der Waals surface area contributed by atoms with Crippen LogP contribution in [0.5, 0.6) is 0 Å². The number of oxime groups is 1. The lowest BCUT2D eigenvalue weighted by atomic mass is 9.44. The van der Waals surface area contributed by atoms with Crippen LogP contribution in [-0.4, -0.2) is 34.2 Å². The molecule has 0 aromatic carbocycles. The van der Waals surface area contributed by atoms with Gasteiger partial charge in [-0.1, -0.05) is 12.1 Å². The lowest BCUT2D eigenvalue weighted by Crippen LogP contribution is -2.57. The first-order valence-corrected chi connectivity index (χ1v) is 9.33. The van der Waals surface area contributed by atoms with Crippen LogP contribution in [0, 0.1) is 34.5 Å². The number of rotatable bonds is 1. The van der Waals surface area contributed by atoms with E-state index in [0.29, 0.717) is 31.6 Å². The molecule has 132 valence electrons. The van der Waals surface area contributed by atoms with Gasteiger partial charge in [0.15, 0.2) is 0 Å². The Morgan fingerprint density at radius 3 is 2.62 bits per heavy atom. The molecule has 6 atom stereocenters. The van der Waals surface area contributed by atoms with E-state index in [9.17, 15) is 19.9 Å². The quantitative estimate of drug-likeness (QED) is 0.570. The maximum Gasteiger partial charge on any atom is 0.141 e. The van der Waals surface area contributed by atoms with Crippen molar-refractivity contribution >= 4 is 17.3 Å². The third kappa shape index (κ3) is 1.94. The maximum atomic E-state index is 12.5. The van der Waals surface area contributed by atoms with E-state index in [1.807, 2.05) is 0 Å². The number of aliphatic hydroxyl groups excluding tert-OH is 1. The third-order valence-corrected chi connectivity index (χ3v) is 8.16. The second-order valence-corrected chi connectivity index (χ2v) is 8.79. The second-order valence-electron chi connectivity index (χ2n) is 8.79. The lowest BCUT2D eigenvalue weighted by Gasteiger charge is -2.59. The van der Waals surface area contributed by atoms with Crippen molar-refractivity contribution in [1.29, 1.82) is 0 Å². The molecular weight excluding hydrogens is 306 g/mol. The number of aliphatic hydroxyl groups is 1. The van der Waals surface area contributed by atoms with Crippen molar-refractivity contribution < 1.29 is 19.9 Å². The molecule has 0 amide bonds. The smallest absolute Gasteiger partial charge is 0.141 e. The Morgan fingerprint density at radius 1 is 1.12 bits per heavy atom. The summed E-state index contributed by atoms with van der Waals surface area (Å²) < 4.78 is 0. The number of Topliss-reactive ketones (excluding diaryl/α,β-unsaturated/α-hetero) is 2. The van der Waals surface area contributed by atoms with E-state index in [-0.39, 0.29) is 41.3 Å². The summed E-state index contributed by atoms with van der Waals surface area (Å²) in [7, 11) is 0. The zero-order valence-corrected chi connectivity index (χ0v) is 14.3. The summed E-state index contributed by atoms with van der Waals surface area (Å²) >= 11 is 0. The Kier molecular flexibility index (Phi) is 3.64. The number of hydrogen-bond donors (Lipinski definition) is 2. The summed E-state index contributed by atoms with van der Waals surface area (Å²) in [5.41, 5.74) is 0.168. The standard InChI is InChI=1S/C19H27NO4/c1-18-6-4-11(22)8-15(18)16(20-24)9-12-13(18)5-7-19(10-21)14(12)2-3-17(19)23/h12-15,21,24H,2-10H2,1H3/t12-,13+,14+,15?,18-,19-/m1/s1. The molecule has 5 nitrogen and oxygen atoms in total. The van der Waals surface area contributed by atoms with Crippen LogP contribution in [-0.2, 0) is 9.59 Å². The Balaban J connectivity index is 1.74. The van der Waals surface area contributed by atoms with Gasteiger partial charge in [0.05, 0.1) is 17.7 Å². The van der Waals surface area contributed by atoms with E-state index in [2.05, 4.69) is 12.1 Å². The molecule has 24 heavy (non-hydrogen) atoms. The van der Waals surface area contributed by atoms with Crippen LogP contribution in [0.3, 0.4) is 0 Å². The van der Waals surface area contributed by atoms with Gasteiger partial charge in [0, 0.05) is 25.2 Å². The number of carbonyl (C=O) groups excluding carboxylic acids is 2. The minimum atomic E-state index is -0.560. The molecule has 0 spiro atoms. The molecule has 0 aromatic rings. The van der Waals surface area contributed by atoms with Gasteiger partial charge >= 0.3 is 0 Å². The first kappa shape index (κ1) is 16.2. The summed E-state index contributed by atoms with van der Waals surface area (Å²) in [5.74, 6) is 1.48. The zero-order valence-electron chi connectivity index (χ0n) is 14.3. The topological polar surface area (TPSA) is 87.0 Å². The Morgan fingerprint density at radius 2 is 1.92 bits per heavy atom. The molecule has 1 unspecified atom stereocenters. The molecule has 5 heteroatoms. The molecule has 0 aliphatic heterocycles. The molecule has 0 bridgehead atoms. The SMILES string of the molecule is C[C@]12CCC(=O)CC1C(=NO)C[C@H]1[C@@H]3CCC(=O)[C@@]3(CO)CC[C@@H]12. The molecule has 0 aromatic heterocycles. The van der Waals surface area contributed by atoms with Gasteiger partial charge in [0.1, 0.15) is 11.6 Å². The molecule has 4 fully saturated rings. The number of nitrogens with zero attached hydrogens (tertiary/aromatic N) is 1. The van der Waals surface area contributed by atoms with Crippen LogP contribution in [0.2, 0.25) is 0 Å². The molecule has 0 heterocycles. The van der Waals surface area contributed by atoms with Crippen LogP contribution in [0.4, 0.5) is 0 Å². The van der Waals surface area contributed by atoms with Crippen molar-refractivity contribution in [3.05, 3.63) is 0 Å². The van der Waals surface area contributed by atoms with Crippen LogP contribution in [0.1, 0.15) is 58.3 Å². The van der Waals surface area contributed by atoms with Gasteiger partial charge in [0.2, 0.25) is 0 Å². The molecular formula is C19H27NO4. The van der Waals surface area contributed by atoms with Crippen LogP contribution >= 0.6 is 0 Å². The molecule has 4 aliphatic carbocycles. The highest BCUT2D eigenvalue weighted by molar-refractivity contribution is 5.94. The van der Waals surface area contributed by atoms with E-state index in [4.69, 9.17) is 0 Å². The van der Waals surface area contributed by atoms with Gasteiger partial charge in [-0.15, -0.1) is 0 Å². The highest BCUT2D eigenvalue weighted by Crippen LogP contribution is 2.64. The first-order valence-electron chi connectivity index (χ1n) is 9.33. The summed E-state index contributed by atoms with van der Waals surface area (Å²) in [5, 5.41) is 23.2.